The maximum Gasteiger partial charge on any atom is 0.339 e. The van der Waals surface area contributed by atoms with Crippen molar-refractivity contribution in [3.05, 3.63) is 296 Å². The van der Waals surface area contributed by atoms with Gasteiger partial charge in [-0.1, -0.05) is 173 Å². The summed E-state index contributed by atoms with van der Waals surface area (Å²) >= 11 is 20.5. The number of methoxy groups -OCH3 is 5. The summed E-state index contributed by atoms with van der Waals surface area (Å²) in [6, 6.07) is 70.4. The van der Waals surface area contributed by atoms with Gasteiger partial charge in [-0.25, -0.2) is 28.4 Å². The van der Waals surface area contributed by atoms with Crippen molar-refractivity contribution in [1.82, 2.24) is 0 Å². The first-order valence-electron chi connectivity index (χ1n) is 31.6. The van der Waals surface area contributed by atoms with E-state index in [0.29, 0.717) is 32.8 Å². The van der Waals surface area contributed by atoms with E-state index >= 15 is 0 Å². The van der Waals surface area contributed by atoms with E-state index in [9.17, 15) is 28.4 Å². The normalized spacial score (nSPS) is 10.7. The lowest BCUT2D eigenvalue weighted by Crippen LogP contribution is -2.02. The molecule has 5 aromatic heterocycles. The molecule has 0 saturated carbocycles. The SMILES string of the molecule is COC(=O)c1ccccc1Sc1c(C)oc2ccccc12.COC(=O)c1ccccc1Sc1csc2ccc(C)cc12.COC(=O)c1ccccc1Sc1csc2ccc(Cl)cc12.COC(=O)c1ccccc1Sc1csc2ccc(F)cc12.COC(=O)c1ccccc1Sc1csc2ccccc12. The Morgan fingerprint density at radius 3 is 1.08 bits per heavy atom. The fourth-order valence-corrected chi connectivity index (χ4v) is 20.2. The van der Waals surface area contributed by atoms with E-state index in [0.717, 1.165) is 71.4 Å². The Labute approximate surface area is 642 Å². The fraction of sp³-hybridized carbons (Fsp3) is 0.0854. The van der Waals surface area contributed by atoms with Crippen LogP contribution < -0.4 is 0 Å². The number of hydrogen-bond donors (Lipinski definition) is 0. The predicted molar refractivity (Wildman–Crippen MR) is 427 cm³/mol. The topological polar surface area (TPSA) is 145 Å². The van der Waals surface area contributed by atoms with Gasteiger partial charge in [-0.2, -0.15) is 0 Å². The zero-order chi connectivity index (χ0) is 73.2. The second-order valence-electron chi connectivity index (χ2n) is 22.1. The molecule has 524 valence electrons. The summed E-state index contributed by atoms with van der Waals surface area (Å²) in [4.78, 5) is 68.9. The van der Waals surface area contributed by atoms with E-state index in [2.05, 4.69) is 53.4 Å². The van der Waals surface area contributed by atoms with Crippen LogP contribution in [0.4, 0.5) is 4.39 Å². The molecule has 0 aliphatic carbocycles. The van der Waals surface area contributed by atoms with Crippen LogP contribution in [-0.4, -0.2) is 65.4 Å². The van der Waals surface area contributed by atoms with Gasteiger partial charge in [0.25, 0.3) is 0 Å². The molecule has 15 aromatic rings. The molecule has 0 radical (unpaired) electrons. The number of fused-ring (bicyclic) bond motifs is 5. The Morgan fingerprint density at radius 1 is 0.337 bits per heavy atom. The highest BCUT2D eigenvalue weighted by molar-refractivity contribution is 8.00. The lowest BCUT2D eigenvalue weighted by atomic mass is 10.2. The van der Waals surface area contributed by atoms with Crippen molar-refractivity contribution < 1.29 is 56.5 Å². The second kappa shape index (κ2) is 36.6. The molecular formula is C82H62ClFO11S9. The number of hydrogen-bond acceptors (Lipinski definition) is 20. The number of rotatable bonds is 15. The maximum absolute atomic E-state index is 13.4. The van der Waals surface area contributed by atoms with Gasteiger partial charge in [-0.3, -0.25) is 0 Å². The van der Waals surface area contributed by atoms with Crippen LogP contribution in [0.2, 0.25) is 5.02 Å². The van der Waals surface area contributed by atoms with Crippen LogP contribution in [0.5, 0.6) is 0 Å². The number of carbonyl (C=O) groups excluding carboxylic acids is 5. The molecule has 0 saturated heterocycles. The molecule has 22 heteroatoms. The highest BCUT2D eigenvalue weighted by Gasteiger charge is 2.21. The zero-order valence-corrected chi connectivity index (χ0v) is 64.7. The van der Waals surface area contributed by atoms with E-state index in [1.165, 1.54) is 111 Å². The number of furan rings is 1. The summed E-state index contributed by atoms with van der Waals surface area (Å²) in [6.45, 7) is 4.02. The molecule has 0 aliphatic rings. The van der Waals surface area contributed by atoms with Crippen molar-refractivity contribution in [3.8, 4) is 0 Å². The Morgan fingerprint density at radius 2 is 0.654 bits per heavy atom. The summed E-state index contributed by atoms with van der Waals surface area (Å²) in [5, 5.41) is 14.5. The van der Waals surface area contributed by atoms with E-state index in [1.54, 1.807) is 123 Å². The van der Waals surface area contributed by atoms with Gasteiger partial charge in [0.15, 0.2) is 0 Å². The molecular weight excluding hydrogens is 1500 g/mol. The van der Waals surface area contributed by atoms with Crippen LogP contribution >= 0.6 is 116 Å². The van der Waals surface area contributed by atoms with E-state index < -0.39 is 0 Å². The number of aryl methyl sites for hydroxylation is 2. The standard InChI is InChI=1S/C17H14O3S.C17H14O2S2.C16H11ClO2S2.C16H11FO2S2.C16H12O2S2/c1-11-16(12-7-3-5-9-14(12)20-11)21-15-10-6-4-8-13(15)17(18)19-2;1-11-7-8-14-13(9-11)16(10-20-14)21-15-6-4-3-5-12(15)17(18)19-2;2*1-19-16(18)11-4-2-3-5-14(11)21-15-9-20-13-7-6-10(17)8-12(13)15;1-18-16(17)12-7-3-5-9-14(12)20-15-10-19-13-8-4-2-6-11(13)15/h2*3-10H,1-2H3;2*2-9H,1H3;2-10H,1H3. The van der Waals surface area contributed by atoms with E-state index in [4.69, 9.17) is 39.7 Å². The molecule has 104 heavy (non-hydrogen) atoms. The Kier molecular flexibility index (Phi) is 26.7. The Bertz CT molecular complexity index is 5250. The van der Waals surface area contributed by atoms with Gasteiger partial charge in [0.05, 0.1) is 68.3 Å². The average molecular weight is 1570 g/mol. The first-order valence-corrected chi connectivity index (χ1v) is 39.6. The molecule has 10 aromatic carbocycles. The second-order valence-corrected chi connectivity index (χ2v) is 31.6. The lowest BCUT2D eigenvalue weighted by molar-refractivity contribution is 0.0588. The molecule has 15 rings (SSSR count). The molecule has 5 heterocycles. The molecule has 0 unspecified atom stereocenters. The molecule has 0 atom stereocenters. The van der Waals surface area contributed by atoms with Crippen molar-refractivity contribution in [3.63, 3.8) is 0 Å². The first-order chi connectivity index (χ1) is 50.6. The Hall–Kier alpha value is -9.10. The number of halogens is 2. The maximum atomic E-state index is 13.4. The molecule has 0 amide bonds. The minimum Gasteiger partial charge on any atom is -0.465 e. The largest absolute Gasteiger partial charge is 0.465 e. The third kappa shape index (κ3) is 18.7. The van der Waals surface area contributed by atoms with Crippen LogP contribution in [0.15, 0.2) is 299 Å². The van der Waals surface area contributed by atoms with Gasteiger partial charge in [0.1, 0.15) is 17.2 Å². The molecule has 11 nitrogen and oxygen atoms in total. The number of para-hydroxylation sites is 1. The smallest absolute Gasteiger partial charge is 0.339 e. The summed E-state index contributed by atoms with van der Waals surface area (Å²) in [5.41, 5.74) is 4.96. The fourth-order valence-electron chi connectivity index (χ4n) is 10.4. The molecule has 0 spiro atoms. The lowest BCUT2D eigenvalue weighted by Gasteiger charge is -2.06. The van der Waals surface area contributed by atoms with E-state index in [1.807, 2.05) is 152 Å². The zero-order valence-electron chi connectivity index (χ0n) is 56.6. The highest BCUT2D eigenvalue weighted by Crippen LogP contribution is 2.45. The number of benzene rings is 10. The summed E-state index contributed by atoms with van der Waals surface area (Å²) < 4.78 is 48.0. The summed E-state index contributed by atoms with van der Waals surface area (Å²) in [7, 11) is 6.96. The summed E-state index contributed by atoms with van der Waals surface area (Å²) in [6.07, 6.45) is 0. The van der Waals surface area contributed by atoms with Crippen molar-refractivity contribution in [2.75, 3.05) is 35.5 Å². The predicted octanol–water partition coefficient (Wildman–Crippen LogP) is 25.1. The first kappa shape index (κ1) is 76.0. The van der Waals surface area contributed by atoms with Crippen molar-refractivity contribution in [2.24, 2.45) is 0 Å². The summed E-state index contributed by atoms with van der Waals surface area (Å²) in [5.74, 6) is -1.03. The van der Waals surface area contributed by atoms with Gasteiger partial charge in [-0.05, 0) is 141 Å². The minimum absolute atomic E-state index is 0.260. The highest BCUT2D eigenvalue weighted by atomic mass is 35.5. The number of ether oxygens (including phenoxy) is 5. The van der Waals surface area contributed by atoms with Crippen LogP contribution in [-0.2, 0) is 23.7 Å². The monoisotopic (exact) mass is 1560 g/mol. The van der Waals surface area contributed by atoms with Crippen molar-refractivity contribution in [2.45, 2.75) is 62.8 Å². The van der Waals surface area contributed by atoms with Crippen LogP contribution in [0.25, 0.3) is 51.3 Å². The number of carbonyl (C=O) groups is 5. The molecule has 0 N–H and O–H groups in total. The van der Waals surface area contributed by atoms with Gasteiger partial charge in [-0.15, -0.1) is 45.3 Å². The van der Waals surface area contributed by atoms with Gasteiger partial charge >= 0.3 is 29.8 Å². The third-order valence-corrected chi connectivity index (χ3v) is 25.9. The molecule has 0 aliphatic heterocycles. The quantitative estimate of drug-likeness (QED) is 0.0708. The Balaban J connectivity index is 0.000000130. The van der Waals surface area contributed by atoms with Gasteiger partial charge < -0.3 is 28.1 Å². The van der Waals surface area contributed by atoms with Crippen molar-refractivity contribution in [1.29, 1.82) is 0 Å². The molecule has 0 bridgehead atoms. The number of esters is 5. The van der Waals surface area contributed by atoms with Gasteiger partial charge in [0, 0.05) is 116 Å². The third-order valence-electron chi connectivity index (χ3n) is 15.4. The van der Waals surface area contributed by atoms with Crippen LogP contribution in [0.3, 0.4) is 0 Å². The van der Waals surface area contributed by atoms with Crippen LogP contribution in [0.1, 0.15) is 63.1 Å². The minimum atomic E-state index is -0.371. The molecule has 0 fully saturated rings. The average Bonchev–Trinajstić information content (AvgIpc) is 1.78. The van der Waals surface area contributed by atoms with Gasteiger partial charge in [0.2, 0.25) is 0 Å². The van der Waals surface area contributed by atoms with E-state index in [-0.39, 0.29) is 35.7 Å². The number of thiophene rings is 4. The van der Waals surface area contributed by atoms with Crippen LogP contribution in [0, 0.1) is 19.7 Å². The van der Waals surface area contributed by atoms with Crippen molar-refractivity contribution >= 4 is 197 Å².